The predicted molar refractivity (Wildman–Crippen MR) is 178 cm³/mol. The number of piperidine rings is 2. The van der Waals surface area contributed by atoms with Gasteiger partial charge in [-0.15, -0.1) is 0 Å². The zero-order valence-corrected chi connectivity index (χ0v) is 28.2. The van der Waals surface area contributed by atoms with Gasteiger partial charge in [-0.05, 0) is 75.4 Å². The summed E-state index contributed by atoms with van der Waals surface area (Å²) in [6.07, 6.45) is -1.25. The Hall–Kier alpha value is -3.55. The van der Waals surface area contributed by atoms with E-state index < -0.39 is 28.4 Å². The number of piperazine rings is 1. The van der Waals surface area contributed by atoms with E-state index in [4.69, 9.17) is 11.6 Å². The van der Waals surface area contributed by atoms with Gasteiger partial charge in [0.25, 0.3) is 0 Å². The minimum atomic E-state index is -4.85. The van der Waals surface area contributed by atoms with E-state index in [0.717, 1.165) is 43.0 Å². The summed E-state index contributed by atoms with van der Waals surface area (Å²) in [6.45, 7) is 3.90. The Bertz CT molecular complexity index is 1780. The van der Waals surface area contributed by atoms with Crippen molar-refractivity contribution in [3.8, 4) is 5.75 Å². The number of hydrogen-bond donors (Lipinski definition) is 2. The van der Waals surface area contributed by atoms with Gasteiger partial charge in [0, 0.05) is 69.9 Å². The molecule has 7 rings (SSSR count). The third-order valence-corrected chi connectivity index (χ3v) is 11.6. The second-order valence-corrected chi connectivity index (χ2v) is 14.6. The highest BCUT2D eigenvalue weighted by Gasteiger charge is 2.45. The van der Waals surface area contributed by atoms with Crippen molar-refractivity contribution in [3.05, 3.63) is 63.0 Å². The molecule has 2 bridgehead atoms. The number of para-hydroxylation sites is 2. The summed E-state index contributed by atoms with van der Waals surface area (Å²) in [5.41, 5.74) is 0.219. The van der Waals surface area contributed by atoms with Crippen LogP contribution in [0.15, 0.2) is 41.2 Å². The molecule has 49 heavy (non-hydrogen) atoms. The van der Waals surface area contributed by atoms with Crippen LogP contribution in [0, 0.1) is 5.92 Å². The SMILES string of the molecule is CN1CC2CC1CN2C1CCN(C(=O)[C@H](CC(=O)N2CCC(n3c(=O)[nH]c4ccccc43)CC2)Cc2cc(Cl)c(O)c(C(F)(F)F)c2)CC1. The summed E-state index contributed by atoms with van der Waals surface area (Å²) in [5.74, 6) is -2.47. The van der Waals surface area contributed by atoms with Gasteiger partial charge in [0.05, 0.1) is 27.5 Å². The van der Waals surface area contributed by atoms with Crippen LogP contribution in [0.1, 0.15) is 55.7 Å². The molecule has 1 aromatic heterocycles. The van der Waals surface area contributed by atoms with E-state index in [1.807, 2.05) is 24.3 Å². The smallest absolute Gasteiger partial charge is 0.420 e. The maximum absolute atomic E-state index is 14.1. The zero-order valence-electron chi connectivity index (χ0n) is 27.5. The number of nitrogens with zero attached hydrogens (tertiary/aromatic N) is 5. The van der Waals surface area contributed by atoms with Gasteiger partial charge < -0.3 is 24.8 Å². The molecule has 2 aromatic carbocycles. The topological polar surface area (TPSA) is 105 Å². The summed E-state index contributed by atoms with van der Waals surface area (Å²) in [6, 6.07) is 10.9. The van der Waals surface area contributed by atoms with Crippen LogP contribution < -0.4 is 5.69 Å². The lowest BCUT2D eigenvalue weighted by Gasteiger charge is -2.42. The van der Waals surface area contributed by atoms with E-state index in [-0.39, 0.29) is 42.0 Å². The monoisotopic (exact) mass is 702 g/mol. The van der Waals surface area contributed by atoms with Gasteiger partial charge in [-0.2, -0.15) is 13.2 Å². The minimum Gasteiger partial charge on any atom is -0.506 e. The number of hydrogen-bond acceptors (Lipinski definition) is 6. The van der Waals surface area contributed by atoms with Crippen molar-refractivity contribution < 1.29 is 27.9 Å². The summed E-state index contributed by atoms with van der Waals surface area (Å²) in [4.78, 5) is 51.9. The highest BCUT2D eigenvalue weighted by Crippen LogP contribution is 2.41. The number of imidazole rings is 1. The average Bonchev–Trinajstić information content (AvgIpc) is 3.76. The molecule has 4 aliphatic heterocycles. The fraction of sp³-hybridized carbons (Fsp3) is 0.571. The molecule has 3 atom stereocenters. The lowest BCUT2D eigenvalue weighted by atomic mass is 9.91. The van der Waals surface area contributed by atoms with Crippen molar-refractivity contribution in [1.82, 2.24) is 29.2 Å². The average molecular weight is 703 g/mol. The quantitative estimate of drug-likeness (QED) is 0.376. The first-order chi connectivity index (χ1) is 23.4. The van der Waals surface area contributed by atoms with Crippen LogP contribution in [-0.2, 0) is 22.2 Å². The molecule has 3 aromatic rings. The molecule has 0 radical (unpaired) electrons. The van der Waals surface area contributed by atoms with E-state index in [0.29, 0.717) is 57.1 Å². The number of likely N-dealkylation sites (N-methyl/N-ethyl adjacent to an activating group) is 1. The van der Waals surface area contributed by atoms with Crippen molar-refractivity contribution in [1.29, 1.82) is 0 Å². The highest BCUT2D eigenvalue weighted by atomic mass is 35.5. The van der Waals surface area contributed by atoms with Crippen molar-refractivity contribution >= 4 is 34.4 Å². The van der Waals surface area contributed by atoms with Crippen LogP contribution in [0.2, 0.25) is 5.02 Å². The number of nitrogens with one attached hydrogen (secondary N) is 1. The normalized spacial score (nSPS) is 23.5. The Morgan fingerprint density at radius 1 is 0.959 bits per heavy atom. The Kier molecular flexibility index (Phi) is 9.20. The lowest BCUT2D eigenvalue weighted by Crippen LogP contribution is -2.54. The molecule has 4 saturated heterocycles. The molecule has 0 spiro atoms. The first-order valence-corrected chi connectivity index (χ1v) is 17.6. The third kappa shape index (κ3) is 6.69. The number of halogens is 4. The largest absolute Gasteiger partial charge is 0.506 e. The standard InChI is InChI=1S/C35H42ClF3N6O4/c1-41-19-26-18-25(41)20-44(26)23-6-12-43(13-7-23)33(48)22(14-21-15-27(35(37,38)39)32(47)28(36)16-21)17-31(46)42-10-8-24(9-11-42)45-30-5-3-2-4-29(30)40-34(45)49/h2-5,15-16,22-26,47H,6-14,17-20H2,1H3,(H,40,49)/t22-,25?,26?/m0/s1. The molecule has 4 aliphatic rings. The van der Waals surface area contributed by atoms with Gasteiger partial charge in [0.2, 0.25) is 11.8 Å². The van der Waals surface area contributed by atoms with Crippen LogP contribution in [0.5, 0.6) is 5.75 Å². The number of phenolic OH excluding ortho intramolecular Hbond substituents is 1. The number of H-pyrrole nitrogens is 1. The maximum atomic E-state index is 14.1. The number of carbonyl (C=O) groups is 2. The molecule has 0 aliphatic carbocycles. The van der Waals surface area contributed by atoms with Gasteiger partial charge in [0.15, 0.2) is 0 Å². The van der Waals surface area contributed by atoms with E-state index in [1.54, 1.807) is 14.4 Å². The van der Waals surface area contributed by atoms with Crippen LogP contribution in [-0.4, -0.2) is 111 Å². The van der Waals surface area contributed by atoms with Gasteiger partial charge in [-0.3, -0.25) is 19.1 Å². The van der Waals surface area contributed by atoms with Crippen LogP contribution in [0.3, 0.4) is 0 Å². The number of phenols is 1. The van der Waals surface area contributed by atoms with Gasteiger partial charge >= 0.3 is 11.9 Å². The molecule has 0 saturated carbocycles. The second kappa shape index (κ2) is 13.3. The van der Waals surface area contributed by atoms with Crippen LogP contribution in [0.25, 0.3) is 11.0 Å². The summed E-state index contributed by atoms with van der Waals surface area (Å²) < 4.78 is 43.0. The first kappa shape index (κ1) is 33.9. The molecule has 10 nitrogen and oxygen atoms in total. The van der Waals surface area contributed by atoms with Crippen LogP contribution >= 0.6 is 11.6 Å². The Balaban J connectivity index is 1.05. The molecule has 2 N–H and O–H groups in total. The van der Waals surface area contributed by atoms with Gasteiger partial charge in [0.1, 0.15) is 5.75 Å². The molecular formula is C35H42ClF3N6O4. The molecule has 264 valence electrons. The summed E-state index contributed by atoms with van der Waals surface area (Å²) in [7, 11) is 2.16. The number of fused-ring (bicyclic) bond motifs is 3. The summed E-state index contributed by atoms with van der Waals surface area (Å²) >= 11 is 6.03. The number of aromatic hydroxyl groups is 1. The number of alkyl halides is 3. The Morgan fingerprint density at radius 2 is 1.63 bits per heavy atom. The minimum absolute atomic E-state index is 0.0995. The molecule has 2 amide bonds. The van der Waals surface area contributed by atoms with Crippen molar-refractivity contribution in [2.75, 3.05) is 46.3 Å². The lowest BCUT2D eigenvalue weighted by molar-refractivity contribution is -0.143. The van der Waals surface area contributed by atoms with Crippen molar-refractivity contribution in [2.45, 2.75) is 75.3 Å². The van der Waals surface area contributed by atoms with E-state index in [9.17, 15) is 32.7 Å². The summed E-state index contributed by atoms with van der Waals surface area (Å²) in [5, 5.41) is 9.58. The number of aromatic nitrogens is 2. The number of likely N-dealkylation sites (tertiary alicyclic amines) is 4. The van der Waals surface area contributed by atoms with Crippen molar-refractivity contribution in [2.24, 2.45) is 5.92 Å². The van der Waals surface area contributed by atoms with E-state index in [1.165, 1.54) is 12.5 Å². The molecule has 4 fully saturated rings. The molecule has 2 unspecified atom stereocenters. The fourth-order valence-electron chi connectivity index (χ4n) is 8.69. The van der Waals surface area contributed by atoms with Gasteiger partial charge in [-0.1, -0.05) is 23.7 Å². The molecular weight excluding hydrogens is 661 g/mol. The van der Waals surface area contributed by atoms with Gasteiger partial charge in [-0.25, -0.2) is 4.79 Å². The molecule has 5 heterocycles. The first-order valence-electron chi connectivity index (χ1n) is 17.2. The Morgan fingerprint density at radius 3 is 2.29 bits per heavy atom. The highest BCUT2D eigenvalue weighted by molar-refractivity contribution is 6.32. The third-order valence-electron chi connectivity index (χ3n) is 11.3. The fourth-order valence-corrected chi connectivity index (χ4v) is 8.93. The number of amides is 2. The predicted octanol–water partition coefficient (Wildman–Crippen LogP) is 4.50. The number of carbonyl (C=O) groups excluding carboxylic acids is 2. The molecule has 14 heteroatoms. The second-order valence-electron chi connectivity index (χ2n) is 14.2. The number of benzene rings is 2. The Labute approximate surface area is 287 Å². The zero-order chi connectivity index (χ0) is 34.6. The number of aromatic amines is 1. The van der Waals surface area contributed by atoms with E-state index in [2.05, 4.69) is 21.8 Å². The van der Waals surface area contributed by atoms with Crippen molar-refractivity contribution in [3.63, 3.8) is 0 Å². The van der Waals surface area contributed by atoms with E-state index >= 15 is 0 Å². The maximum Gasteiger partial charge on any atom is 0.420 e. The number of rotatable bonds is 7. The van der Waals surface area contributed by atoms with Crippen LogP contribution in [0.4, 0.5) is 13.2 Å².